The van der Waals surface area contributed by atoms with E-state index in [2.05, 4.69) is 41.8 Å². The zero-order valence-electron chi connectivity index (χ0n) is 22.7. The van der Waals surface area contributed by atoms with Crippen LogP contribution in [0.5, 0.6) is 5.88 Å². The molecule has 11 nitrogen and oxygen atoms in total. The summed E-state index contributed by atoms with van der Waals surface area (Å²) in [6, 6.07) is 2.91. The van der Waals surface area contributed by atoms with E-state index in [4.69, 9.17) is 4.74 Å². The van der Waals surface area contributed by atoms with Gasteiger partial charge in [-0.25, -0.2) is 18.4 Å². The Bertz CT molecular complexity index is 1420. The van der Waals surface area contributed by atoms with Gasteiger partial charge in [-0.1, -0.05) is 13.3 Å². The van der Waals surface area contributed by atoms with Crippen molar-refractivity contribution in [1.29, 1.82) is 0 Å². The van der Waals surface area contributed by atoms with E-state index in [-0.39, 0.29) is 17.1 Å². The van der Waals surface area contributed by atoms with Crippen LogP contribution >= 0.6 is 11.3 Å². The van der Waals surface area contributed by atoms with Crippen molar-refractivity contribution in [2.45, 2.75) is 57.2 Å². The molecule has 0 aromatic carbocycles. The Balaban J connectivity index is 1.36. The number of carbonyl (C=O) groups is 1. The first-order valence-corrected chi connectivity index (χ1v) is 16.1. The van der Waals surface area contributed by atoms with Gasteiger partial charge in [0.2, 0.25) is 15.9 Å². The van der Waals surface area contributed by atoms with Crippen molar-refractivity contribution >= 4 is 33.0 Å². The van der Waals surface area contributed by atoms with Crippen molar-refractivity contribution in [2.75, 3.05) is 31.0 Å². The first kappa shape index (κ1) is 28.4. The molecule has 5 rings (SSSR count). The van der Waals surface area contributed by atoms with Gasteiger partial charge in [0.25, 0.3) is 5.91 Å². The van der Waals surface area contributed by atoms with Gasteiger partial charge in [-0.3, -0.25) is 19.5 Å². The molecule has 13 heteroatoms. The predicted molar refractivity (Wildman–Crippen MR) is 154 cm³/mol. The largest absolute Gasteiger partial charge is 0.477 e. The number of ether oxygens (including phenoxy) is 1. The van der Waals surface area contributed by atoms with E-state index in [0.29, 0.717) is 52.3 Å². The minimum absolute atomic E-state index is 0.0120. The molecule has 214 valence electrons. The summed E-state index contributed by atoms with van der Waals surface area (Å²) >= 11 is 1.22. The second-order valence-electron chi connectivity index (χ2n) is 10.3. The first-order valence-electron chi connectivity index (χ1n) is 13.7. The number of aromatic nitrogens is 4. The summed E-state index contributed by atoms with van der Waals surface area (Å²) in [5, 5.41) is 3.10. The number of hydrogen-bond donors (Lipinski definition) is 2. The monoisotopic (exact) mass is 585 g/mol. The van der Waals surface area contributed by atoms with Gasteiger partial charge in [-0.15, -0.1) is 11.3 Å². The highest BCUT2D eigenvalue weighted by Gasteiger charge is 2.36. The van der Waals surface area contributed by atoms with E-state index in [0.717, 1.165) is 32.5 Å². The number of carbonyl (C=O) groups excluding carboxylic acids is 1. The number of piperidine rings is 1. The van der Waals surface area contributed by atoms with Crippen LogP contribution in [-0.4, -0.2) is 70.7 Å². The third-order valence-electron chi connectivity index (χ3n) is 7.03. The fraction of sp³-hybridized carbons (Fsp3) is 0.519. The number of amides is 1. The zero-order chi connectivity index (χ0) is 28.1. The molecule has 2 N–H and O–H groups in total. The average molecular weight is 586 g/mol. The van der Waals surface area contributed by atoms with Crippen LogP contribution in [-0.2, 0) is 10.0 Å². The molecule has 2 atom stereocenters. The van der Waals surface area contributed by atoms with Gasteiger partial charge in [0.15, 0.2) is 5.01 Å². The summed E-state index contributed by atoms with van der Waals surface area (Å²) < 4.78 is 33.2. The molecule has 3 aromatic heterocycles. The first-order chi connectivity index (χ1) is 19.3. The SMILES string of the molecule is CCOc1cncc(-c2cnc(C(=O)N[C@@H](c3cc(NS(=O)(=O)C4CC4)ccn3)[C@@H](C)CN3CCCCC3)s2)n1. The maximum atomic E-state index is 13.5. The van der Waals surface area contributed by atoms with E-state index in [1.165, 1.54) is 17.8 Å². The number of rotatable bonds is 12. The topological polar surface area (TPSA) is 139 Å². The maximum Gasteiger partial charge on any atom is 0.280 e. The van der Waals surface area contributed by atoms with E-state index in [1.54, 1.807) is 36.9 Å². The van der Waals surface area contributed by atoms with Crippen LogP contribution in [0.25, 0.3) is 10.6 Å². The van der Waals surface area contributed by atoms with Crippen LogP contribution in [0.3, 0.4) is 0 Å². The second kappa shape index (κ2) is 12.6. The number of hydrogen-bond acceptors (Lipinski definition) is 10. The summed E-state index contributed by atoms with van der Waals surface area (Å²) in [4.78, 5) is 34.1. The van der Waals surface area contributed by atoms with Crippen molar-refractivity contribution in [3.63, 3.8) is 0 Å². The molecule has 2 aliphatic rings. The van der Waals surface area contributed by atoms with E-state index >= 15 is 0 Å². The summed E-state index contributed by atoms with van der Waals surface area (Å²) in [5.74, 6) is 0.0960. The van der Waals surface area contributed by atoms with Crippen LogP contribution in [0, 0.1) is 5.92 Å². The Morgan fingerprint density at radius 1 is 1.18 bits per heavy atom. The van der Waals surface area contributed by atoms with Gasteiger partial charge in [-0.2, -0.15) is 0 Å². The van der Waals surface area contributed by atoms with Crippen LogP contribution in [0.1, 0.15) is 67.5 Å². The van der Waals surface area contributed by atoms with E-state index in [9.17, 15) is 13.2 Å². The predicted octanol–water partition coefficient (Wildman–Crippen LogP) is 3.89. The molecule has 3 aromatic rings. The van der Waals surface area contributed by atoms with Gasteiger partial charge in [-0.05, 0) is 63.7 Å². The number of thiazole rings is 1. The Labute approximate surface area is 238 Å². The molecule has 1 amide bonds. The molecule has 2 fully saturated rings. The Morgan fingerprint density at radius 2 is 1.98 bits per heavy atom. The molecule has 0 spiro atoms. The molecule has 4 heterocycles. The van der Waals surface area contributed by atoms with E-state index in [1.807, 2.05) is 6.92 Å². The van der Waals surface area contributed by atoms with Crippen molar-refractivity contribution in [3.8, 4) is 16.5 Å². The lowest BCUT2D eigenvalue weighted by atomic mass is 9.96. The molecule has 40 heavy (non-hydrogen) atoms. The fourth-order valence-electron chi connectivity index (χ4n) is 4.85. The van der Waals surface area contributed by atoms with Gasteiger partial charge in [0.1, 0.15) is 5.69 Å². The summed E-state index contributed by atoms with van der Waals surface area (Å²) in [6.45, 7) is 7.27. The minimum atomic E-state index is -3.42. The number of sulfonamides is 1. The van der Waals surface area contributed by atoms with Crippen molar-refractivity contribution in [1.82, 2.24) is 30.2 Å². The average Bonchev–Trinajstić information content (AvgIpc) is 3.70. The van der Waals surface area contributed by atoms with Gasteiger partial charge in [0, 0.05) is 18.9 Å². The van der Waals surface area contributed by atoms with Crippen LogP contribution in [0.4, 0.5) is 5.69 Å². The minimum Gasteiger partial charge on any atom is -0.477 e. The summed E-state index contributed by atoms with van der Waals surface area (Å²) in [5.41, 5.74) is 1.63. The molecule has 0 unspecified atom stereocenters. The smallest absolute Gasteiger partial charge is 0.280 e. The Hall–Kier alpha value is -3.16. The third-order valence-corrected chi connectivity index (χ3v) is 9.92. The third kappa shape index (κ3) is 7.12. The Kier molecular flexibility index (Phi) is 8.91. The summed E-state index contributed by atoms with van der Waals surface area (Å²) in [6.07, 6.45) is 11.3. The van der Waals surface area contributed by atoms with Crippen molar-refractivity contribution < 1.29 is 17.9 Å². The fourth-order valence-corrected chi connectivity index (χ4v) is 7.01. The van der Waals surface area contributed by atoms with Crippen molar-refractivity contribution in [3.05, 3.63) is 47.6 Å². The van der Waals surface area contributed by atoms with Crippen molar-refractivity contribution in [2.24, 2.45) is 5.92 Å². The highest BCUT2D eigenvalue weighted by Crippen LogP contribution is 2.31. The molecular weight excluding hydrogens is 550 g/mol. The lowest BCUT2D eigenvalue weighted by molar-refractivity contribution is 0.0908. The Morgan fingerprint density at radius 3 is 2.73 bits per heavy atom. The molecule has 1 aliphatic heterocycles. The molecule has 0 bridgehead atoms. The van der Waals surface area contributed by atoms with Crippen LogP contribution < -0.4 is 14.8 Å². The number of pyridine rings is 1. The van der Waals surface area contributed by atoms with Crippen LogP contribution in [0.2, 0.25) is 0 Å². The number of nitrogens with zero attached hydrogens (tertiary/aromatic N) is 5. The number of nitrogens with one attached hydrogen (secondary N) is 2. The van der Waals surface area contributed by atoms with Gasteiger partial charge in [0.05, 0.1) is 46.6 Å². The van der Waals surface area contributed by atoms with Gasteiger partial charge >= 0.3 is 0 Å². The zero-order valence-corrected chi connectivity index (χ0v) is 24.4. The summed E-state index contributed by atoms with van der Waals surface area (Å²) in [7, 11) is -3.42. The molecule has 1 saturated carbocycles. The lowest BCUT2D eigenvalue weighted by Crippen LogP contribution is -2.40. The molecular formula is C27H35N7O4S2. The standard InChI is InChI=1S/C27H35N7O4S2/c1-3-38-24-16-28-14-22(31-24)23-15-30-27(39-23)26(35)32-25(18(2)17-34-11-5-4-6-12-34)21-13-19(9-10-29-21)33-40(36,37)20-7-8-20/h9-10,13-16,18,20,25H,3-8,11-12,17H2,1-2H3,(H,29,33)(H,32,35)/t18-,25+/m0/s1. The lowest BCUT2D eigenvalue weighted by Gasteiger charge is -2.32. The highest BCUT2D eigenvalue weighted by molar-refractivity contribution is 7.93. The normalized spacial score (nSPS) is 17.6. The molecule has 0 radical (unpaired) electrons. The number of anilines is 1. The maximum absolute atomic E-state index is 13.5. The second-order valence-corrected chi connectivity index (χ2v) is 13.3. The van der Waals surface area contributed by atoms with E-state index < -0.39 is 16.1 Å². The molecule has 1 saturated heterocycles. The molecule has 1 aliphatic carbocycles. The number of likely N-dealkylation sites (tertiary alicyclic amines) is 1. The van der Waals surface area contributed by atoms with Crippen LogP contribution in [0.15, 0.2) is 36.9 Å². The quantitative estimate of drug-likeness (QED) is 0.324. The highest BCUT2D eigenvalue weighted by atomic mass is 32.2. The van der Waals surface area contributed by atoms with Gasteiger partial charge < -0.3 is 15.0 Å².